The first-order valence-corrected chi connectivity index (χ1v) is 1.64. The third kappa shape index (κ3) is 8.83. The minimum absolute atomic E-state index is 0. The summed E-state index contributed by atoms with van der Waals surface area (Å²) in [6.07, 6.45) is 0. The molecule has 0 spiro atoms. The minimum atomic E-state index is -0.0602. The summed E-state index contributed by atoms with van der Waals surface area (Å²) in [5.74, 6) is 0. The van der Waals surface area contributed by atoms with Crippen LogP contribution < -0.4 is 5.73 Å². The zero-order valence-corrected chi connectivity index (χ0v) is 5.43. The van der Waals surface area contributed by atoms with Crippen LogP contribution in [0.1, 0.15) is 6.92 Å². The SMILES string of the molecule is Br.CC(N)CO. The molecule has 3 heteroatoms. The molecule has 0 aromatic carbocycles. The molecule has 6 heavy (non-hydrogen) atoms. The van der Waals surface area contributed by atoms with E-state index in [9.17, 15) is 0 Å². The largest absolute Gasteiger partial charge is 0.395 e. The summed E-state index contributed by atoms with van der Waals surface area (Å²) in [5.41, 5.74) is 5.04. The highest BCUT2D eigenvalue weighted by Crippen LogP contribution is 1.62. The fourth-order valence-electron chi connectivity index (χ4n) is 0. The van der Waals surface area contributed by atoms with Gasteiger partial charge in [-0.3, -0.25) is 0 Å². The molecule has 0 radical (unpaired) electrons. The highest BCUT2D eigenvalue weighted by atomic mass is 79.9. The van der Waals surface area contributed by atoms with Gasteiger partial charge in [-0.2, -0.15) is 0 Å². The highest BCUT2D eigenvalue weighted by Gasteiger charge is 1.81. The Morgan fingerprint density at radius 2 is 2.00 bits per heavy atom. The molecular weight excluding hydrogens is 146 g/mol. The lowest BCUT2D eigenvalue weighted by Crippen LogP contribution is -2.18. The Labute approximate surface area is 48.1 Å². The fraction of sp³-hybridized carbons (Fsp3) is 1.00. The van der Waals surface area contributed by atoms with Crippen LogP contribution in [0.2, 0.25) is 0 Å². The van der Waals surface area contributed by atoms with Crippen LogP contribution in [0.4, 0.5) is 0 Å². The van der Waals surface area contributed by atoms with Crippen LogP contribution in [0.3, 0.4) is 0 Å². The van der Waals surface area contributed by atoms with Gasteiger partial charge in [0.25, 0.3) is 0 Å². The molecule has 0 aliphatic carbocycles. The maximum atomic E-state index is 8.02. The van der Waals surface area contributed by atoms with Gasteiger partial charge in [0, 0.05) is 6.04 Å². The van der Waals surface area contributed by atoms with Gasteiger partial charge in [-0.15, -0.1) is 17.0 Å². The molecule has 0 aliphatic heterocycles. The number of aliphatic hydroxyl groups excluding tert-OH is 1. The lowest BCUT2D eigenvalue weighted by Gasteiger charge is -1.91. The molecule has 0 rings (SSSR count). The molecule has 0 aromatic heterocycles. The second-order valence-corrected chi connectivity index (χ2v) is 1.16. The first-order chi connectivity index (χ1) is 2.27. The molecule has 0 fully saturated rings. The van der Waals surface area contributed by atoms with Gasteiger partial charge in [-0.25, -0.2) is 0 Å². The summed E-state index contributed by atoms with van der Waals surface area (Å²) in [6, 6.07) is -0.0602. The van der Waals surface area contributed by atoms with Crippen molar-refractivity contribution < 1.29 is 5.11 Å². The van der Waals surface area contributed by atoms with Crippen molar-refractivity contribution in [2.75, 3.05) is 6.61 Å². The van der Waals surface area contributed by atoms with Crippen LogP contribution in [0.5, 0.6) is 0 Å². The van der Waals surface area contributed by atoms with Crippen LogP contribution >= 0.6 is 17.0 Å². The predicted octanol–water partition coefficient (Wildman–Crippen LogP) is -0.0962. The first-order valence-electron chi connectivity index (χ1n) is 1.64. The number of rotatable bonds is 1. The van der Waals surface area contributed by atoms with E-state index in [0.29, 0.717) is 0 Å². The molecule has 0 aromatic rings. The quantitative estimate of drug-likeness (QED) is 0.557. The van der Waals surface area contributed by atoms with Gasteiger partial charge in [-0.05, 0) is 6.92 Å². The van der Waals surface area contributed by atoms with Crippen LogP contribution in [-0.2, 0) is 0 Å². The highest BCUT2D eigenvalue weighted by molar-refractivity contribution is 8.93. The second kappa shape index (κ2) is 5.40. The average molecular weight is 156 g/mol. The molecule has 1 unspecified atom stereocenters. The van der Waals surface area contributed by atoms with Crippen molar-refractivity contribution in [1.82, 2.24) is 0 Å². The van der Waals surface area contributed by atoms with E-state index >= 15 is 0 Å². The Balaban J connectivity index is 0. The lowest BCUT2D eigenvalue weighted by atomic mass is 10.4. The Hall–Kier alpha value is 0.400. The topological polar surface area (TPSA) is 46.2 Å². The van der Waals surface area contributed by atoms with Crippen molar-refractivity contribution >= 4 is 17.0 Å². The number of nitrogens with two attached hydrogens (primary N) is 1. The van der Waals surface area contributed by atoms with E-state index in [2.05, 4.69) is 0 Å². The molecule has 1 atom stereocenters. The van der Waals surface area contributed by atoms with Crippen molar-refractivity contribution in [2.24, 2.45) is 5.73 Å². The van der Waals surface area contributed by atoms with E-state index < -0.39 is 0 Å². The van der Waals surface area contributed by atoms with Crippen molar-refractivity contribution in [3.05, 3.63) is 0 Å². The summed E-state index contributed by atoms with van der Waals surface area (Å²) in [4.78, 5) is 0. The molecular formula is C3H10BrNO. The molecule has 0 bridgehead atoms. The van der Waals surface area contributed by atoms with Crippen molar-refractivity contribution in [2.45, 2.75) is 13.0 Å². The normalized spacial score (nSPS) is 12.5. The molecule has 0 saturated carbocycles. The first kappa shape index (κ1) is 9.64. The summed E-state index contributed by atoms with van der Waals surface area (Å²) in [7, 11) is 0. The van der Waals surface area contributed by atoms with E-state index in [4.69, 9.17) is 10.8 Å². The second-order valence-electron chi connectivity index (χ2n) is 1.16. The molecule has 3 N–H and O–H groups in total. The van der Waals surface area contributed by atoms with E-state index in [-0.39, 0.29) is 29.6 Å². The molecule has 0 heterocycles. The summed E-state index contributed by atoms with van der Waals surface area (Å²) >= 11 is 0. The fourth-order valence-corrected chi connectivity index (χ4v) is 0. The third-order valence-corrected chi connectivity index (χ3v) is 0.288. The van der Waals surface area contributed by atoms with Crippen molar-refractivity contribution in [3.8, 4) is 0 Å². The summed E-state index contributed by atoms with van der Waals surface area (Å²) in [6.45, 7) is 1.83. The monoisotopic (exact) mass is 155 g/mol. The number of aliphatic hydroxyl groups is 1. The van der Waals surface area contributed by atoms with Gasteiger partial charge in [0.2, 0.25) is 0 Å². The van der Waals surface area contributed by atoms with Crippen LogP contribution in [0.25, 0.3) is 0 Å². The van der Waals surface area contributed by atoms with E-state index in [0.717, 1.165) is 0 Å². The lowest BCUT2D eigenvalue weighted by molar-refractivity contribution is 0.273. The molecule has 40 valence electrons. The maximum Gasteiger partial charge on any atom is 0.0579 e. The van der Waals surface area contributed by atoms with Gasteiger partial charge in [0.1, 0.15) is 0 Å². The standard InChI is InChI=1S/C3H9NO.BrH/c1-3(4)2-5;/h3,5H,2,4H2,1H3;1H. The molecule has 0 aliphatic rings. The summed E-state index contributed by atoms with van der Waals surface area (Å²) in [5, 5.41) is 8.02. The molecule has 0 saturated heterocycles. The van der Waals surface area contributed by atoms with E-state index in [1.165, 1.54) is 0 Å². The Morgan fingerprint density at radius 3 is 2.00 bits per heavy atom. The van der Waals surface area contributed by atoms with E-state index in [1.807, 2.05) is 0 Å². The zero-order valence-electron chi connectivity index (χ0n) is 3.72. The smallest absolute Gasteiger partial charge is 0.0579 e. The maximum absolute atomic E-state index is 8.02. The van der Waals surface area contributed by atoms with Gasteiger partial charge in [0.05, 0.1) is 6.61 Å². The van der Waals surface area contributed by atoms with Crippen molar-refractivity contribution in [3.63, 3.8) is 0 Å². The van der Waals surface area contributed by atoms with Gasteiger partial charge in [-0.1, -0.05) is 0 Å². The number of halogens is 1. The predicted molar refractivity (Wildman–Crippen MR) is 31.1 cm³/mol. The van der Waals surface area contributed by atoms with Crippen LogP contribution in [0, 0.1) is 0 Å². The minimum Gasteiger partial charge on any atom is -0.395 e. The van der Waals surface area contributed by atoms with Gasteiger partial charge >= 0.3 is 0 Å². The Bertz CT molecular complexity index is 24.8. The number of hydrogen-bond donors (Lipinski definition) is 2. The third-order valence-electron chi connectivity index (χ3n) is 0.288. The molecule has 2 nitrogen and oxygen atoms in total. The van der Waals surface area contributed by atoms with Gasteiger partial charge in [0.15, 0.2) is 0 Å². The van der Waals surface area contributed by atoms with E-state index in [1.54, 1.807) is 6.92 Å². The Kier molecular flexibility index (Phi) is 8.68. The van der Waals surface area contributed by atoms with Crippen LogP contribution in [-0.4, -0.2) is 17.8 Å². The number of hydrogen-bond acceptors (Lipinski definition) is 2. The average Bonchev–Trinajstić information content (AvgIpc) is 1.38. The van der Waals surface area contributed by atoms with Crippen LogP contribution in [0.15, 0.2) is 0 Å². The molecule has 0 amide bonds. The summed E-state index contributed by atoms with van der Waals surface area (Å²) < 4.78 is 0. The van der Waals surface area contributed by atoms with Gasteiger partial charge < -0.3 is 10.8 Å². The van der Waals surface area contributed by atoms with Crippen molar-refractivity contribution in [1.29, 1.82) is 0 Å². The zero-order chi connectivity index (χ0) is 4.28. The Morgan fingerprint density at radius 1 is 1.83 bits per heavy atom.